The first-order chi connectivity index (χ1) is 22.4. The molecule has 12 nitrogen and oxygen atoms in total. The number of hydrogen-bond acceptors (Lipinski definition) is 7. The number of carbonyl (C=O) groups is 5. The summed E-state index contributed by atoms with van der Waals surface area (Å²) < 4.78 is 5.47. The van der Waals surface area contributed by atoms with Gasteiger partial charge >= 0.3 is 6.09 Å². The Hall–Kier alpha value is -4.45. The van der Waals surface area contributed by atoms with E-state index in [1.54, 1.807) is 0 Å². The van der Waals surface area contributed by atoms with Gasteiger partial charge in [-0.15, -0.1) is 0 Å². The summed E-state index contributed by atoms with van der Waals surface area (Å²) in [6.07, 6.45) is 2.09. The van der Waals surface area contributed by atoms with Crippen molar-refractivity contribution in [3.63, 3.8) is 0 Å². The predicted octanol–water partition coefficient (Wildman–Crippen LogP) is 1.64. The Balaban J connectivity index is 0.860. The summed E-state index contributed by atoms with van der Waals surface area (Å²) in [4.78, 5) is 63.2. The Morgan fingerprint density at radius 1 is 0.652 bits per heavy atom. The first kappa shape index (κ1) is 32.9. The Morgan fingerprint density at radius 3 is 1.63 bits per heavy atom. The van der Waals surface area contributed by atoms with Crippen LogP contribution in [0.2, 0.25) is 0 Å². The van der Waals surface area contributed by atoms with E-state index in [9.17, 15) is 24.0 Å². The van der Waals surface area contributed by atoms with E-state index in [2.05, 4.69) is 43.6 Å². The van der Waals surface area contributed by atoms with Gasteiger partial charge in [0, 0.05) is 70.4 Å². The number of nitrogens with zero attached hydrogens (tertiary/aromatic N) is 1. The fourth-order valence-electron chi connectivity index (χ4n) is 6.55. The largest absolute Gasteiger partial charge is 0.449 e. The van der Waals surface area contributed by atoms with E-state index >= 15 is 0 Å². The number of ether oxygens (including phenoxy) is 1. The van der Waals surface area contributed by atoms with Crippen molar-refractivity contribution < 1.29 is 28.7 Å². The van der Waals surface area contributed by atoms with Gasteiger partial charge in [-0.25, -0.2) is 4.79 Å². The molecule has 5 amide bonds. The van der Waals surface area contributed by atoms with Crippen molar-refractivity contribution in [2.24, 2.45) is 5.92 Å². The SMILES string of the molecule is O=C(CCNC(=O)CCNC(=O)OCC1c2ccccc2-c2ccccc21)NCCC(=O)NCCC(=O)NC1CN2CCC1CC2. The molecule has 3 heterocycles. The van der Waals surface area contributed by atoms with Crippen molar-refractivity contribution >= 4 is 29.7 Å². The molecule has 6 rings (SSSR count). The lowest BCUT2D eigenvalue weighted by Gasteiger charge is -2.44. The maximum atomic E-state index is 12.3. The zero-order chi connectivity index (χ0) is 32.3. The van der Waals surface area contributed by atoms with Crippen LogP contribution in [0.3, 0.4) is 0 Å². The lowest BCUT2D eigenvalue weighted by molar-refractivity contribution is -0.124. The summed E-state index contributed by atoms with van der Waals surface area (Å²) >= 11 is 0. The number of alkyl carbamates (subject to hydrolysis) is 1. The molecule has 46 heavy (non-hydrogen) atoms. The average Bonchev–Trinajstić information content (AvgIpc) is 3.38. The number of hydrogen-bond donors (Lipinski definition) is 5. The van der Waals surface area contributed by atoms with Crippen LogP contribution in [0.4, 0.5) is 4.79 Å². The Labute approximate surface area is 269 Å². The van der Waals surface area contributed by atoms with Crippen molar-refractivity contribution in [2.45, 2.75) is 50.5 Å². The van der Waals surface area contributed by atoms with Gasteiger partial charge in [-0.05, 0) is 54.1 Å². The smallest absolute Gasteiger partial charge is 0.407 e. The molecule has 2 aromatic carbocycles. The fraction of sp³-hybridized carbons (Fsp3) is 0.500. The minimum absolute atomic E-state index is 0.0420. The molecule has 0 saturated carbocycles. The minimum atomic E-state index is -0.592. The van der Waals surface area contributed by atoms with Gasteiger partial charge in [0.2, 0.25) is 23.6 Å². The molecule has 1 atom stereocenters. The second-order valence-electron chi connectivity index (χ2n) is 12.1. The molecule has 0 aromatic heterocycles. The summed E-state index contributed by atoms with van der Waals surface area (Å²) in [5, 5.41) is 13.7. The molecule has 0 spiro atoms. The Morgan fingerprint density at radius 2 is 1.13 bits per heavy atom. The van der Waals surface area contributed by atoms with Gasteiger partial charge in [0.05, 0.1) is 0 Å². The highest BCUT2D eigenvalue weighted by Gasteiger charge is 2.34. The number of nitrogens with one attached hydrogen (secondary N) is 5. The molecule has 2 aromatic rings. The second-order valence-corrected chi connectivity index (χ2v) is 12.1. The van der Waals surface area contributed by atoms with Crippen LogP contribution in [0.25, 0.3) is 11.1 Å². The summed E-state index contributed by atoms with van der Waals surface area (Å²) in [5.41, 5.74) is 4.54. The fourth-order valence-corrected chi connectivity index (χ4v) is 6.55. The zero-order valence-electron chi connectivity index (χ0n) is 26.1. The number of rotatable bonds is 15. The van der Waals surface area contributed by atoms with Crippen LogP contribution in [0.1, 0.15) is 55.6 Å². The van der Waals surface area contributed by atoms with Gasteiger partial charge in [0.1, 0.15) is 6.61 Å². The summed E-state index contributed by atoms with van der Waals surface area (Å²) in [5.74, 6) is -0.375. The van der Waals surface area contributed by atoms with E-state index in [1.165, 1.54) is 0 Å². The van der Waals surface area contributed by atoms with Crippen molar-refractivity contribution in [1.82, 2.24) is 31.5 Å². The maximum absolute atomic E-state index is 12.3. The van der Waals surface area contributed by atoms with Gasteiger partial charge in [-0.2, -0.15) is 0 Å². The summed E-state index contributed by atoms with van der Waals surface area (Å²) in [7, 11) is 0. The normalized spacial score (nSPS) is 19.3. The van der Waals surface area contributed by atoms with Crippen LogP contribution < -0.4 is 26.6 Å². The maximum Gasteiger partial charge on any atom is 0.407 e. The first-order valence-electron chi connectivity index (χ1n) is 16.3. The second kappa shape index (κ2) is 16.2. The van der Waals surface area contributed by atoms with E-state index < -0.39 is 6.09 Å². The Kier molecular flexibility index (Phi) is 11.6. The predicted molar refractivity (Wildman–Crippen MR) is 172 cm³/mol. The quantitative estimate of drug-likeness (QED) is 0.200. The molecule has 2 bridgehead atoms. The molecule has 3 saturated heterocycles. The van der Waals surface area contributed by atoms with Crippen LogP contribution in [0.5, 0.6) is 0 Å². The number of piperidine rings is 3. The standard InChI is InChI=1S/C34H44N6O6/c41-30(35-15-10-31(42)37-17-12-33(44)39-29-21-40-19-13-23(29)14-20-40)9-16-36-32(43)11-18-38-34(45)46-22-28-26-7-3-1-5-24(26)25-6-2-4-8-27(25)28/h1-8,23,28-29H,9-22H2,(H,35,41)(H,36,43)(H,37,42)(H,38,45)(H,39,44). The van der Waals surface area contributed by atoms with Gasteiger partial charge < -0.3 is 36.2 Å². The van der Waals surface area contributed by atoms with E-state index in [-0.39, 0.29) is 94.1 Å². The van der Waals surface area contributed by atoms with Crippen LogP contribution in [0, 0.1) is 5.92 Å². The first-order valence-corrected chi connectivity index (χ1v) is 16.3. The highest BCUT2D eigenvalue weighted by Crippen LogP contribution is 2.44. The summed E-state index contributed by atoms with van der Waals surface area (Å²) in [6.45, 7) is 3.98. The lowest BCUT2D eigenvalue weighted by atomic mass is 9.84. The lowest BCUT2D eigenvalue weighted by Crippen LogP contribution is -2.57. The third kappa shape index (κ3) is 9.06. The topological polar surface area (TPSA) is 158 Å². The molecular formula is C34H44N6O6. The molecule has 5 N–H and O–H groups in total. The van der Waals surface area contributed by atoms with Crippen LogP contribution in [-0.4, -0.2) is 93.1 Å². The average molecular weight is 633 g/mol. The molecule has 12 heteroatoms. The number of amides is 5. The van der Waals surface area contributed by atoms with Crippen LogP contribution in [-0.2, 0) is 23.9 Å². The Bertz CT molecular complexity index is 1360. The van der Waals surface area contributed by atoms with Crippen LogP contribution in [0.15, 0.2) is 48.5 Å². The molecular weight excluding hydrogens is 588 g/mol. The molecule has 0 radical (unpaired) electrons. The molecule has 1 aliphatic carbocycles. The molecule has 3 fully saturated rings. The highest BCUT2D eigenvalue weighted by molar-refractivity contribution is 5.82. The third-order valence-corrected chi connectivity index (χ3v) is 8.99. The number of fused-ring (bicyclic) bond motifs is 6. The minimum Gasteiger partial charge on any atom is -0.449 e. The van der Waals surface area contributed by atoms with E-state index in [1.807, 2.05) is 36.4 Å². The number of benzene rings is 2. The third-order valence-electron chi connectivity index (χ3n) is 8.99. The highest BCUT2D eigenvalue weighted by atomic mass is 16.5. The van der Waals surface area contributed by atoms with Gasteiger partial charge in [-0.1, -0.05) is 48.5 Å². The van der Waals surface area contributed by atoms with E-state index in [0.29, 0.717) is 5.92 Å². The van der Waals surface area contributed by atoms with Gasteiger partial charge in [-0.3, -0.25) is 19.2 Å². The van der Waals surface area contributed by atoms with E-state index in [4.69, 9.17) is 4.74 Å². The molecule has 246 valence electrons. The van der Waals surface area contributed by atoms with Crippen molar-refractivity contribution in [2.75, 3.05) is 52.4 Å². The molecule has 4 aliphatic rings. The van der Waals surface area contributed by atoms with Gasteiger partial charge in [0.15, 0.2) is 0 Å². The zero-order valence-corrected chi connectivity index (χ0v) is 26.1. The molecule has 1 unspecified atom stereocenters. The van der Waals surface area contributed by atoms with Crippen molar-refractivity contribution in [3.8, 4) is 11.1 Å². The molecule has 3 aliphatic heterocycles. The van der Waals surface area contributed by atoms with Gasteiger partial charge in [0.25, 0.3) is 0 Å². The van der Waals surface area contributed by atoms with E-state index in [0.717, 1.165) is 54.7 Å². The van der Waals surface area contributed by atoms with Crippen LogP contribution >= 0.6 is 0 Å². The number of carbonyl (C=O) groups excluding carboxylic acids is 5. The van der Waals surface area contributed by atoms with Crippen molar-refractivity contribution in [1.29, 1.82) is 0 Å². The summed E-state index contributed by atoms with van der Waals surface area (Å²) in [6, 6.07) is 16.4. The van der Waals surface area contributed by atoms with Crippen molar-refractivity contribution in [3.05, 3.63) is 59.7 Å². The monoisotopic (exact) mass is 632 g/mol.